The molecule has 0 spiro atoms. The molecular formula is C6H11LiNO2. The number of carbonyl (C=O) groups excluding carboxylic acids is 1. The fourth-order valence-electron chi connectivity index (χ4n) is 0.759. The summed E-state index contributed by atoms with van der Waals surface area (Å²) in [5.41, 5.74) is 0. The van der Waals surface area contributed by atoms with Gasteiger partial charge in [-0.15, -0.1) is 0 Å². The number of alkyl carbamates (subject to hydrolysis) is 1. The summed E-state index contributed by atoms with van der Waals surface area (Å²) >= 11 is 0. The van der Waals surface area contributed by atoms with Gasteiger partial charge in [0, 0.05) is 18.9 Å². The van der Waals surface area contributed by atoms with Crippen molar-refractivity contribution in [3.8, 4) is 0 Å². The van der Waals surface area contributed by atoms with Gasteiger partial charge in [-0.25, -0.2) is 4.79 Å². The fourth-order valence-corrected chi connectivity index (χ4v) is 0.759. The largest absolute Gasteiger partial charge is 0.447 e. The summed E-state index contributed by atoms with van der Waals surface area (Å²) in [6.45, 7) is 4.63. The van der Waals surface area contributed by atoms with E-state index in [0.29, 0.717) is 12.5 Å². The molecule has 1 amide bonds. The smallest absolute Gasteiger partial charge is 0.407 e. The van der Waals surface area contributed by atoms with Gasteiger partial charge < -0.3 is 10.1 Å². The third kappa shape index (κ3) is 2.24. The molecule has 4 heteroatoms. The van der Waals surface area contributed by atoms with Crippen molar-refractivity contribution in [2.45, 2.75) is 19.9 Å². The Labute approximate surface area is 72.7 Å². The first-order chi connectivity index (χ1) is 4.20. The molecule has 3 nitrogen and oxygen atoms in total. The zero-order valence-corrected chi connectivity index (χ0v) is 6.68. The Morgan fingerprint density at radius 3 is 2.50 bits per heavy atom. The Balaban J connectivity index is 0.000000810. The van der Waals surface area contributed by atoms with Gasteiger partial charge in [0.15, 0.2) is 0 Å². The van der Waals surface area contributed by atoms with Crippen LogP contribution in [-0.2, 0) is 4.74 Å². The van der Waals surface area contributed by atoms with Gasteiger partial charge in [0.25, 0.3) is 0 Å². The maximum Gasteiger partial charge on any atom is 0.407 e. The second-order valence-electron chi connectivity index (χ2n) is 2.59. The molecular weight excluding hydrogens is 125 g/mol. The molecule has 0 aliphatic carbocycles. The van der Waals surface area contributed by atoms with Crippen LogP contribution in [0, 0.1) is 5.92 Å². The molecule has 53 valence electrons. The number of carbonyl (C=O) groups is 1. The van der Waals surface area contributed by atoms with E-state index in [1.54, 1.807) is 0 Å². The molecule has 1 saturated heterocycles. The van der Waals surface area contributed by atoms with Crippen LogP contribution in [0.3, 0.4) is 0 Å². The second kappa shape index (κ2) is 3.90. The van der Waals surface area contributed by atoms with Crippen LogP contribution in [-0.4, -0.2) is 37.6 Å². The number of cyclic esters (lactones) is 1. The predicted octanol–water partition coefficient (Wildman–Crippen LogP) is 0.370. The third-order valence-corrected chi connectivity index (χ3v) is 1.50. The SMILES string of the molecule is CC(C)[C@@H]1COC(=O)N1.[Li]. The van der Waals surface area contributed by atoms with Crippen molar-refractivity contribution in [3.63, 3.8) is 0 Å². The zero-order valence-electron chi connectivity index (χ0n) is 6.68. The van der Waals surface area contributed by atoms with Crippen molar-refractivity contribution in [1.82, 2.24) is 5.32 Å². The molecule has 0 aromatic rings. The van der Waals surface area contributed by atoms with Crippen molar-refractivity contribution < 1.29 is 9.53 Å². The Hall–Kier alpha value is -0.133. The van der Waals surface area contributed by atoms with E-state index in [-0.39, 0.29) is 31.0 Å². The van der Waals surface area contributed by atoms with Gasteiger partial charge >= 0.3 is 6.09 Å². The van der Waals surface area contributed by atoms with E-state index in [1.807, 2.05) is 0 Å². The van der Waals surface area contributed by atoms with Crippen molar-refractivity contribution in [1.29, 1.82) is 0 Å². The molecule has 1 N–H and O–H groups in total. The molecule has 0 bridgehead atoms. The van der Waals surface area contributed by atoms with Gasteiger partial charge in [0.1, 0.15) is 6.61 Å². The summed E-state index contributed by atoms with van der Waals surface area (Å²) in [6.07, 6.45) is -0.284. The number of nitrogens with one attached hydrogen (secondary N) is 1. The van der Waals surface area contributed by atoms with Crippen molar-refractivity contribution in [2.75, 3.05) is 6.61 Å². The molecule has 1 atom stereocenters. The number of hydrogen-bond donors (Lipinski definition) is 1. The van der Waals surface area contributed by atoms with E-state index in [4.69, 9.17) is 0 Å². The van der Waals surface area contributed by atoms with E-state index >= 15 is 0 Å². The number of amides is 1. The van der Waals surface area contributed by atoms with Gasteiger partial charge in [0.05, 0.1) is 6.04 Å². The second-order valence-corrected chi connectivity index (χ2v) is 2.59. The number of hydrogen-bond acceptors (Lipinski definition) is 2. The first-order valence-electron chi connectivity index (χ1n) is 3.13. The van der Waals surface area contributed by atoms with E-state index < -0.39 is 0 Å². The first-order valence-corrected chi connectivity index (χ1v) is 3.13. The van der Waals surface area contributed by atoms with Crippen LogP contribution in [0.1, 0.15) is 13.8 Å². The molecule has 1 aliphatic heterocycles. The Morgan fingerprint density at radius 1 is 1.70 bits per heavy atom. The Kier molecular flexibility index (Phi) is 3.85. The predicted molar refractivity (Wildman–Crippen MR) is 38.9 cm³/mol. The molecule has 1 fully saturated rings. The Bertz CT molecular complexity index is 127. The minimum absolute atomic E-state index is 0. The van der Waals surface area contributed by atoms with Crippen LogP contribution in [0.2, 0.25) is 0 Å². The zero-order chi connectivity index (χ0) is 6.85. The normalized spacial score (nSPS) is 23.5. The average molecular weight is 136 g/mol. The van der Waals surface area contributed by atoms with Crippen molar-refractivity contribution in [2.24, 2.45) is 5.92 Å². The van der Waals surface area contributed by atoms with Crippen LogP contribution in [0.4, 0.5) is 4.79 Å². The fraction of sp³-hybridized carbons (Fsp3) is 0.833. The summed E-state index contributed by atoms with van der Waals surface area (Å²) in [5, 5.41) is 2.69. The molecule has 0 aromatic carbocycles. The van der Waals surface area contributed by atoms with Gasteiger partial charge in [-0.1, -0.05) is 13.8 Å². The van der Waals surface area contributed by atoms with E-state index in [1.165, 1.54) is 0 Å². The van der Waals surface area contributed by atoms with Gasteiger partial charge in [-0.3, -0.25) is 0 Å². The minimum Gasteiger partial charge on any atom is -0.447 e. The van der Waals surface area contributed by atoms with E-state index in [2.05, 4.69) is 23.9 Å². The van der Waals surface area contributed by atoms with Crippen LogP contribution < -0.4 is 5.32 Å². The standard InChI is InChI=1S/C6H11NO2.Li/c1-4(2)5-3-9-6(8)7-5;/h4-5H,3H2,1-2H3,(H,7,8);/t5-;/m0./s1. The molecule has 0 aromatic heterocycles. The molecule has 0 saturated carbocycles. The molecule has 0 unspecified atom stereocenters. The molecule has 1 heterocycles. The molecule has 1 radical (unpaired) electrons. The molecule has 1 aliphatic rings. The quantitative estimate of drug-likeness (QED) is 0.529. The number of rotatable bonds is 1. The average Bonchev–Trinajstić information content (AvgIpc) is 2.14. The third-order valence-electron chi connectivity index (χ3n) is 1.50. The van der Waals surface area contributed by atoms with Crippen molar-refractivity contribution in [3.05, 3.63) is 0 Å². The van der Waals surface area contributed by atoms with Crippen LogP contribution in [0.25, 0.3) is 0 Å². The topological polar surface area (TPSA) is 38.3 Å². The van der Waals surface area contributed by atoms with Crippen LogP contribution >= 0.6 is 0 Å². The van der Waals surface area contributed by atoms with E-state index in [9.17, 15) is 4.79 Å². The van der Waals surface area contributed by atoms with Gasteiger partial charge in [-0.05, 0) is 5.92 Å². The summed E-state index contributed by atoms with van der Waals surface area (Å²) in [7, 11) is 0. The molecule has 10 heavy (non-hydrogen) atoms. The number of ether oxygens (including phenoxy) is 1. The summed E-state index contributed by atoms with van der Waals surface area (Å²) < 4.78 is 4.68. The Morgan fingerprint density at radius 2 is 2.30 bits per heavy atom. The van der Waals surface area contributed by atoms with Gasteiger partial charge in [0.2, 0.25) is 0 Å². The maximum atomic E-state index is 10.4. The van der Waals surface area contributed by atoms with Crippen LogP contribution in [0.15, 0.2) is 0 Å². The molecule has 1 rings (SSSR count). The monoisotopic (exact) mass is 136 g/mol. The summed E-state index contributed by atoms with van der Waals surface area (Å²) in [4.78, 5) is 10.4. The first kappa shape index (κ1) is 9.87. The van der Waals surface area contributed by atoms with Crippen molar-refractivity contribution >= 4 is 25.0 Å². The summed E-state index contributed by atoms with van der Waals surface area (Å²) in [6, 6.07) is 0.220. The minimum atomic E-state index is -0.284. The van der Waals surface area contributed by atoms with Crippen LogP contribution in [0.5, 0.6) is 0 Å². The van der Waals surface area contributed by atoms with E-state index in [0.717, 1.165) is 0 Å². The van der Waals surface area contributed by atoms with Gasteiger partial charge in [-0.2, -0.15) is 0 Å². The maximum absolute atomic E-state index is 10.4. The summed E-state index contributed by atoms with van der Waals surface area (Å²) in [5.74, 6) is 0.469.